The smallest absolute Gasteiger partial charge is 0.268 e. The molecular weight excluding hydrogens is 418 g/mol. The van der Waals surface area contributed by atoms with Gasteiger partial charge in [-0.3, -0.25) is 14.1 Å². The van der Waals surface area contributed by atoms with E-state index in [1.54, 1.807) is 12.1 Å². The average Bonchev–Trinajstić information content (AvgIpc) is 3.43. The van der Waals surface area contributed by atoms with Crippen molar-refractivity contribution in [1.82, 2.24) is 19.6 Å². The summed E-state index contributed by atoms with van der Waals surface area (Å²) in [6.07, 6.45) is 4.60. The van der Waals surface area contributed by atoms with Gasteiger partial charge in [0, 0.05) is 57.0 Å². The van der Waals surface area contributed by atoms with E-state index >= 15 is 0 Å². The quantitative estimate of drug-likeness (QED) is 0.532. The predicted octanol–water partition coefficient (Wildman–Crippen LogP) is 2.05. The molecule has 0 saturated carbocycles. The maximum absolute atomic E-state index is 13.3. The van der Waals surface area contributed by atoms with Crippen molar-refractivity contribution in [3.8, 4) is 5.75 Å². The van der Waals surface area contributed by atoms with Crippen LogP contribution in [0.25, 0.3) is 5.65 Å². The molecule has 174 valence electrons. The Bertz CT molecular complexity index is 1120. The monoisotopic (exact) mass is 449 g/mol. The van der Waals surface area contributed by atoms with Gasteiger partial charge in [0.15, 0.2) is 0 Å². The van der Waals surface area contributed by atoms with E-state index < -0.39 is 0 Å². The minimum absolute atomic E-state index is 0.127. The van der Waals surface area contributed by atoms with Gasteiger partial charge in [-0.15, -0.1) is 0 Å². The van der Waals surface area contributed by atoms with Crippen LogP contribution < -0.4 is 11.1 Å². The Morgan fingerprint density at radius 1 is 1.21 bits per heavy atom. The Morgan fingerprint density at radius 2 is 2.00 bits per heavy atom. The third-order valence-electron chi connectivity index (χ3n) is 6.99. The molecule has 0 spiro atoms. The maximum atomic E-state index is 13.3. The number of carbonyl (C=O) groups excluding carboxylic acids is 1. The molecule has 1 atom stereocenters. The van der Waals surface area contributed by atoms with E-state index in [0.29, 0.717) is 25.5 Å². The minimum Gasteiger partial charge on any atom is -0.508 e. The summed E-state index contributed by atoms with van der Waals surface area (Å²) in [6, 6.07) is 13.2. The van der Waals surface area contributed by atoms with Gasteiger partial charge in [-0.1, -0.05) is 18.2 Å². The van der Waals surface area contributed by atoms with Gasteiger partial charge in [0.1, 0.15) is 17.1 Å². The number of benzene rings is 1. The number of nitrogens with two attached hydrogens (primary N) is 1. The topological polar surface area (TPSA) is 105 Å². The third-order valence-corrected chi connectivity index (χ3v) is 6.99. The van der Waals surface area contributed by atoms with Crippen LogP contribution in [0.15, 0.2) is 48.7 Å². The van der Waals surface area contributed by atoms with Gasteiger partial charge in [-0.2, -0.15) is 0 Å². The average molecular weight is 450 g/mol. The van der Waals surface area contributed by atoms with Gasteiger partial charge in [-0.25, -0.2) is 4.98 Å². The Kier molecular flexibility index (Phi) is 6.05. The Labute approximate surface area is 193 Å². The number of hydrogen-bond donors (Lipinski definition) is 3. The van der Waals surface area contributed by atoms with Crippen LogP contribution in [-0.2, 0) is 16.7 Å². The molecule has 2 saturated heterocycles. The summed E-state index contributed by atoms with van der Waals surface area (Å²) in [5.74, 6) is 0.112. The van der Waals surface area contributed by atoms with Crippen molar-refractivity contribution >= 4 is 11.6 Å². The van der Waals surface area contributed by atoms with E-state index in [1.165, 1.54) is 0 Å². The normalized spacial score (nSPS) is 20.8. The first-order chi connectivity index (χ1) is 16.0. The van der Waals surface area contributed by atoms with E-state index in [4.69, 9.17) is 15.5 Å². The van der Waals surface area contributed by atoms with Gasteiger partial charge in [0.2, 0.25) is 0 Å². The molecule has 3 aromatic rings. The maximum Gasteiger partial charge on any atom is 0.268 e. The molecule has 1 unspecified atom stereocenters. The number of nitrogens with one attached hydrogen (secondary N) is 1. The lowest BCUT2D eigenvalue weighted by atomic mass is 9.74. The van der Waals surface area contributed by atoms with Crippen molar-refractivity contribution in [1.29, 1.82) is 0 Å². The van der Waals surface area contributed by atoms with Crippen molar-refractivity contribution in [3.63, 3.8) is 0 Å². The molecule has 33 heavy (non-hydrogen) atoms. The van der Waals surface area contributed by atoms with Crippen LogP contribution in [0.4, 0.5) is 0 Å². The summed E-state index contributed by atoms with van der Waals surface area (Å²) < 4.78 is 7.47. The zero-order chi connectivity index (χ0) is 22.8. The number of imidazole rings is 1. The van der Waals surface area contributed by atoms with Crippen LogP contribution in [0.5, 0.6) is 5.75 Å². The third kappa shape index (κ3) is 4.59. The van der Waals surface area contributed by atoms with E-state index in [2.05, 4.69) is 10.2 Å². The Hall–Kier alpha value is -2.94. The van der Waals surface area contributed by atoms with Gasteiger partial charge in [-0.05, 0) is 49.1 Å². The zero-order valence-corrected chi connectivity index (χ0v) is 18.7. The molecule has 2 aliphatic rings. The molecule has 1 aromatic carbocycles. The number of amides is 1. The molecule has 1 amide bonds. The highest BCUT2D eigenvalue weighted by molar-refractivity contribution is 5.93. The van der Waals surface area contributed by atoms with Crippen molar-refractivity contribution in [2.75, 3.05) is 32.8 Å². The van der Waals surface area contributed by atoms with Crippen LogP contribution in [0.2, 0.25) is 0 Å². The second-order valence-electron chi connectivity index (χ2n) is 9.28. The number of fused-ring (bicyclic) bond motifs is 1. The number of ether oxygens (including phenoxy) is 1. The minimum atomic E-state index is -0.218. The first-order valence-corrected chi connectivity index (χ1v) is 11.6. The fourth-order valence-electron chi connectivity index (χ4n) is 5.04. The lowest BCUT2D eigenvalue weighted by Crippen LogP contribution is -2.44. The number of pyridine rings is 1. The van der Waals surface area contributed by atoms with E-state index in [0.717, 1.165) is 55.8 Å². The highest BCUT2D eigenvalue weighted by Gasteiger charge is 2.35. The molecule has 2 fully saturated rings. The predicted molar refractivity (Wildman–Crippen MR) is 125 cm³/mol. The standard InChI is InChI=1S/C25H31N5O3/c26-19-8-11-29(14-19)15-20-16-30-22(2-1-3-23(30)28-20)24(32)27-17-25(9-12-33-13-10-25)18-4-6-21(31)7-5-18/h1-7,16,19,31H,8-15,17,26H2,(H,27,32). The SMILES string of the molecule is NC1CCN(Cc2cn3c(C(=O)NCC4(c5ccc(O)cc5)CCOCC4)cccc3n2)C1. The highest BCUT2D eigenvalue weighted by Crippen LogP contribution is 2.35. The lowest BCUT2D eigenvalue weighted by Gasteiger charge is -2.38. The molecule has 0 aliphatic carbocycles. The number of hydrogen-bond acceptors (Lipinski definition) is 6. The Balaban J connectivity index is 1.34. The molecule has 2 aromatic heterocycles. The molecule has 2 aliphatic heterocycles. The zero-order valence-electron chi connectivity index (χ0n) is 18.7. The fourth-order valence-corrected chi connectivity index (χ4v) is 5.04. The summed E-state index contributed by atoms with van der Waals surface area (Å²) in [5, 5.41) is 12.9. The van der Waals surface area contributed by atoms with E-state index in [9.17, 15) is 9.90 Å². The molecule has 5 rings (SSSR count). The first-order valence-electron chi connectivity index (χ1n) is 11.6. The number of rotatable bonds is 6. The summed E-state index contributed by atoms with van der Waals surface area (Å²) in [6.45, 7) is 4.40. The second kappa shape index (κ2) is 9.13. The highest BCUT2D eigenvalue weighted by atomic mass is 16.5. The summed E-state index contributed by atoms with van der Waals surface area (Å²) >= 11 is 0. The number of aromatic nitrogens is 2. The van der Waals surface area contributed by atoms with Crippen molar-refractivity contribution in [2.24, 2.45) is 5.73 Å². The number of phenolic OH excluding ortho intramolecular Hbond substituents is 1. The molecule has 4 heterocycles. The van der Waals surface area contributed by atoms with Crippen LogP contribution in [0, 0.1) is 0 Å². The van der Waals surface area contributed by atoms with E-state index in [-0.39, 0.29) is 23.1 Å². The number of aromatic hydroxyl groups is 1. The molecular formula is C25H31N5O3. The van der Waals surface area contributed by atoms with Crippen molar-refractivity contribution in [2.45, 2.75) is 37.3 Å². The van der Waals surface area contributed by atoms with Crippen LogP contribution in [0.3, 0.4) is 0 Å². The number of phenols is 1. The molecule has 4 N–H and O–H groups in total. The summed E-state index contributed by atoms with van der Waals surface area (Å²) in [4.78, 5) is 20.3. The molecule has 8 nitrogen and oxygen atoms in total. The lowest BCUT2D eigenvalue weighted by molar-refractivity contribution is 0.0486. The van der Waals surface area contributed by atoms with Gasteiger partial charge >= 0.3 is 0 Å². The van der Waals surface area contributed by atoms with Crippen molar-refractivity contribution < 1.29 is 14.6 Å². The molecule has 0 radical (unpaired) electrons. The number of nitrogens with zero attached hydrogens (tertiary/aromatic N) is 3. The first kappa shape index (κ1) is 21.9. The van der Waals surface area contributed by atoms with Crippen molar-refractivity contribution in [3.05, 3.63) is 65.6 Å². The summed E-state index contributed by atoms with van der Waals surface area (Å²) in [7, 11) is 0. The molecule has 8 heteroatoms. The fraction of sp³-hybridized carbons (Fsp3) is 0.440. The number of carbonyl (C=O) groups is 1. The van der Waals surface area contributed by atoms with Gasteiger partial charge in [0.25, 0.3) is 5.91 Å². The van der Waals surface area contributed by atoms with Crippen LogP contribution in [-0.4, -0.2) is 64.2 Å². The largest absolute Gasteiger partial charge is 0.508 e. The Morgan fingerprint density at radius 3 is 2.73 bits per heavy atom. The second-order valence-corrected chi connectivity index (χ2v) is 9.28. The van der Waals surface area contributed by atoms with Crippen LogP contribution >= 0.6 is 0 Å². The summed E-state index contributed by atoms with van der Waals surface area (Å²) in [5.41, 5.74) is 9.19. The van der Waals surface area contributed by atoms with E-state index in [1.807, 2.05) is 40.9 Å². The van der Waals surface area contributed by atoms with Gasteiger partial charge < -0.3 is 20.9 Å². The number of likely N-dealkylation sites (tertiary alicyclic amines) is 1. The molecule has 0 bridgehead atoms. The van der Waals surface area contributed by atoms with Gasteiger partial charge in [0.05, 0.1) is 5.69 Å². The van der Waals surface area contributed by atoms with Crippen LogP contribution in [0.1, 0.15) is 41.0 Å².